The van der Waals surface area contributed by atoms with Crippen LogP contribution >= 0.6 is 11.6 Å². The number of fused-ring (bicyclic) bond motifs is 3. The Morgan fingerprint density at radius 2 is 2.25 bits per heavy atom. The Morgan fingerprint density at radius 1 is 1.35 bits per heavy atom. The fourth-order valence-electron chi connectivity index (χ4n) is 4.03. The maximum atomic E-state index is 6.46. The zero-order chi connectivity index (χ0) is 13.7. The van der Waals surface area contributed by atoms with E-state index in [0.717, 1.165) is 36.6 Å². The third-order valence-electron chi connectivity index (χ3n) is 4.98. The summed E-state index contributed by atoms with van der Waals surface area (Å²) < 4.78 is 11.7. The summed E-state index contributed by atoms with van der Waals surface area (Å²) in [7, 11) is 0. The largest absolute Gasteiger partial charge is 0.493 e. The van der Waals surface area contributed by atoms with Gasteiger partial charge < -0.3 is 15.2 Å². The summed E-state index contributed by atoms with van der Waals surface area (Å²) in [5, 5.41) is 0.792. The molecule has 0 aliphatic carbocycles. The third-order valence-corrected chi connectivity index (χ3v) is 5.20. The Labute approximate surface area is 124 Å². The summed E-state index contributed by atoms with van der Waals surface area (Å²) in [5.74, 6) is 1.51. The van der Waals surface area contributed by atoms with E-state index in [1.165, 1.54) is 24.0 Å². The molecule has 3 aliphatic heterocycles. The van der Waals surface area contributed by atoms with Gasteiger partial charge in [-0.05, 0) is 48.9 Å². The lowest BCUT2D eigenvalue weighted by atomic mass is 9.81. The number of hydrogen-bond donors (Lipinski definition) is 1. The highest BCUT2D eigenvalue weighted by Gasteiger charge is 2.43. The van der Waals surface area contributed by atoms with Crippen molar-refractivity contribution in [2.24, 2.45) is 11.7 Å². The summed E-state index contributed by atoms with van der Waals surface area (Å²) in [6.07, 6.45) is 6.13. The lowest BCUT2D eigenvalue weighted by Gasteiger charge is -2.25. The average molecular weight is 294 g/mol. The molecular formula is C16H20ClNO2. The molecule has 0 aromatic heterocycles. The molecule has 0 saturated carbocycles. The van der Waals surface area contributed by atoms with Gasteiger partial charge in [-0.2, -0.15) is 0 Å². The van der Waals surface area contributed by atoms with Gasteiger partial charge in [-0.1, -0.05) is 11.6 Å². The molecule has 3 aliphatic rings. The van der Waals surface area contributed by atoms with Crippen molar-refractivity contribution in [2.75, 3.05) is 6.61 Å². The van der Waals surface area contributed by atoms with Gasteiger partial charge in [0.05, 0.1) is 18.8 Å². The minimum atomic E-state index is 0.136. The second kappa shape index (κ2) is 4.90. The first-order valence-corrected chi connectivity index (χ1v) is 7.93. The highest BCUT2D eigenvalue weighted by atomic mass is 35.5. The standard InChI is InChI=1S/C16H20ClNO2/c17-11-5-9-3-4-19-16(9)10(6-11)7-14(18)13-8-12-1-2-15(13)20-12/h5-6,12-15H,1-4,7-8,18H2. The Hall–Kier alpha value is -0.770. The molecule has 1 aromatic rings. The van der Waals surface area contributed by atoms with E-state index >= 15 is 0 Å². The van der Waals surface area contributed by atoms with E-state index in [4.69, 9.17) is 26.8 Å². The fourth-order valence-corrected chi connectivity index (χ4v) is 4.29. The van der Waals surface area contributed by atoms with E-state index in [-0.39, 0.29) is 6.04 Å². The molecule has 0 spiro atoms. The van der Waals surface area contributed by atoms with Crippen molar-refractivity contribution < 1.29 is 9.47 Å². The van der Waals surface area contributed by atoms with Gasteiger partial charge in [0.15, 0.2) is 0 Å². The highest BCUT2D eigenvalue weighted by Crippen LogP contribution is 2.41. The SMILES string of the molecule is NC(Cc1cc(Cl)cc2c1OCC2)C1CC2CCC1O2. The summed E-state index contributed by atoms with van der Waals surface area (Å²) in [4.78, 5) is 0. The van der Waals surface area contributed by atoms with Crippen LogP contribution in [0.25, 0.3) is 0 Å². The van der Waals surface area contributed by atoms with Gasteiger partial charge in [-0.15, -0.1) is 0 Å². The first kappa shape index (κ1) is 12.9. The maximum absolute atomic E-state index is 6.46. The third kappa shape index (κ3) is 2.12. The molecule has 0 radical (unpaired) electrons. The summed E-state index contributed by atoms with van der Waals surface area (Å²) >= 11 is 6.21. The predicted octanol–water partition coefficient (Wildman–Crippen LogP) is 2.71. The van der Waals surface area contributed by atoms with Gasteiger partial charge >= 0.3 is 0 Å². The van der Waals surface area contributed by atoms with Crippen molar-refractivity contribution >= 4 is 11.6 Å². The Bertz CT molecular complexity index is 533. The number of ether oxygens (including phenoxy) is 2. The number of benzene rings is 1. The molecule has 4 heteroatoms. The van der Waals surface area contributed by atoms with Gasteiger partial charge in [0, 0.05) is 23.4 Å². The van der Waals surface area contributed by atoms with E-state index < -0.39 is 0 Å². The Kier molecular flexibility index (Phi) is 3.17. The monoisotopic (exact) mass is 293 g/mol. The Balaban J connectivity index is 1.54. The molecule has 20 heavy (non-hydrogen) atoms. The predicted molar refractivity (Wildman–Crippen MR) is 78.3 cm³/mol. The van der Waals surface area contributed by atoms with Gasteiger partial charge in [-0.25, -0.2) is 0 Å². The van der Waals surface area contributed by atoms with Gasteiger partial charge in [0.2, 0.25) is 0 Å². The van der Waals surface area contributed by atoms with Crippen LogP contribution in [0.15, 0.2) is 12.1 Å². The number of hydrogen-bond acceptors (Lipinski definition) is 3. The van der Waals surface area contributed by atoms with Crippen molar-refractivity contribution in [1.82, 2.24) is 0 Å². The van der Waals surface area contributed by atoms with Crippen LogP contribution in [-0.2, 0) is 17.6 Å². The molecular weight excluding hydrogens is 274 g/mol. The zero-order valence-electron chi connectivity index (χ0n) is 11.5. The second-order valence-electron chi connectivity index (χ2n) is 6.29. The van der Waals surface area contributed by atoms with Crippen molar-refractivity contribution in [3.05, 3.63) is 28.3 Å². The number of halogens is 1. The van der Waals surface area contributed by atoms with Crippen LogP contribution in [0.4, 0.5) is 0 Å². The molecule has 2 bridgehead atoms. The van der Waals surface area contributed by atoms with E-state index in [9.17, 15) is 0 Å². The number of rotatable bonds is 3. The van der Waals surface area contributed by atoms with Crippen LogP contribution in [0.2, 0.25) is 5.02 Å². The van der Waals surface area contributed by atoms with Crippen LogP contribution in [0.3, 0.4) is 0 Å². The quantitative estimate of drug-likeness (QED) is 0.932. The van der Waals surface area contributed by atoms with Crippen LogP contribution in [-0.4, -0.2) is 24.9 Å². The minimum absolute atomic E-state index is 0.136. The summed E-state index contributed by atoms with van der Waals surface area (Å²) in [5.41, 5.74) is 8.86. The highest BCUT2D eigenvalue weighted by molar-refractivity contribution is 6.30. The van der Waals surface area contributed by atoms with E-state index in [1.807, 2.05) is 12.1 Å². The Morgan fingerprint density at radius 3 is 3.00 bits per heavy atom. The van der Waals surface area contributed by atoms with Gasteiger partial charge in [0.25, 0.3) is 0 Å². The van der Waals surface area contributed by atoms with Crippen molar-refractivity contribution in [3.63, 3.8) is 0 Å². The van der Waals surface area contributed by atoms with E-state index in [0.29, 0.717) is 18.1 Å². The molecule has 4 rings (SSSR count). The van der Waals surface area contributed by atoms with Gasteiger partial charge in [0.1, 0.15) is 5.75 Å². The van der Waals surface area contributed by atoms with E-state index in [1.54, 1.807) is 0 Å². The molecule has 3 heterocycles. The number of nitrogens with two attached hydrogens (primary N) is 1. The smallest absolute Gasteiger partial charge is 0.125 e. The summed E-state index contributed by atoms with van der Waals surface area (Å²) in [6.45, 7) is 0.759. The molecule has 4 unspecified atom stereocenters. The lowest BCUT2D eigenvalue weighted by molar-refractivity contribution is 0.0884. The molecule has 2 N–H and O–H groups in total. The molecule has 3 nitrogen and oxygen atoms in total. The minimum Gasteiger partial charge on any atom is -0.493 e. The first-order valence-electron chi connectivity index (χ1n) is 7.56. The van der Waals surface area contributed by atoms with Crippen molar-refractivity contribution in [3.8, 4) is 5.75 Å². The van der Waals surface area contributed by atoms with Crippen LogP contribution in [0, 0.1) is 5.92 Å². The molecule has 108 valence electrons. The lowest BCUT2D eigenvalue weighted by Crippen LogP contribution is -2.38. The fraction of sp³-hybridized carbons (Fsp3) is 0.625. The van der Waals surface area contributed by atoms with E-state index in [2.05, 4.69) is 0 Å². The maximum Gasteiger partial charge on any atom is 0.125 e. The van der Waals surface area contributed by atoms with Crippen LogP contribution in [0.1, 0.15) is 30.4 Å². The van der Waals surface area contributed by atoms with Crippen molar-refractivity contribution in [1.29, 1.82) is 0 Å². The first-order chi connectivity index (χ1) is 9.70. The zero-order valence-corrected chi connectivity index (χ0v) is 12.2. The normalized spacial score (nSPS) is 32.2. The van der Waals surface area contributed by atoms with Crippen LogP contribution in [0.5, 0.6) is 5.75 Å². The topological polar surface area (TPSA) is 44.5 Å². The molecule has 0 amide bonds. The van der Waals surface area contributed by atoms with Gasteiger partial charge in [-0.3, -0.25) is 0 Å². The second-order valence-corrected chi connectivity index (χ2v) is 6.73. The van der Waals surface area contributed by atoms with Crippen LogP contribution < -0.4 is 10.5 Å². The molecule has 4 atom stereocenters. The molecule has 2 fully saturated rings. The molecule has 2 saturated heterocycles. The molecule has 1 aromatic carbocycles. The van der Waals surface area contributed by atoms with Crippen molar-refractivity contribution in [2.45, 2.75) is 50.4 Å². The summed E-state index contributed by atoms with van der Waals surface area (Å²) in [6, 6.07) is 4.16. The average Bonchev–Trinajstić information content (AvgIpc) is 3.13.